The number of carbonyl (C=O) groups is 2. The van der Waals surface area contributed by atoms with Crippen molar-refractivity contribution in [3.8, 4) is 0 Å². The number of nitrogens with one attached hydrogen (secondary N) is 1. The van der Waals surface area contributed by atoms with Crippen LogP contribution in [0.1, 0.15) is 67.2 Å². The minimum atomic E-state index is -0.368. The Bertz CT molecular complexity index is 1800. The van der Waals surface area contributed by atoms with Gasteiger partial charge in [0, 0.05) is 59.7 Å². The highest BCUT2D eigenvalue weighted by Gasteiger charge is 2.41. The molecule has 0 unspecified atom stereocenters. The van der Waals surface area contributed by atoms with E-state index < -0.39 is 0 Å². The van der Waals surface area contributed by atoms with E-state index in [0.717, 1.165) is 85.4 Å². The largest absolute Gasteiger partial charge is 0.511 e. The van der Waals surface area contributed by atoms with E-state index in [1.165, 1.54) is 6.92 Å². The summed E-state index contributed by atoms with van der Waals surface area (Å²) in [5.74, 6) is -0.564. The van der Waals surface area contributed by atoms with Crippen LogP contribution in [0.5, 0.6) is 0 Å². The molecule has 1 fully saturated rings. The van der Waals surface area contributed by atoms with Gasteiger partial charge in [0.05, 0.1) is 40.8 Å². The minimum absolute atomic E-state index is 0.0224. The average molecular weight is 625 g/mol. The summed E-state index contributed by atoms with van der Waals surface area (Å²) in [6, 6.07) is 0. The highest BCUT2D eigenvalue weighted by atomic mass is 16.5. The van der Waals surface area contributed by atoms with E-state index in [9.17, 15) is 14.7 Å². The van der Waals surface area contributed by atoms with E-state index in [-0.39, 0.29) is 55.8 Å². The van der Waals surface area contributed by atoms with Crippen LogP contribution >= 0.6 is 0 Å². The molecule has 5 aliphatic heterocycles. The summed E-state index contributed by atoms with van der Waals surface area (Å²) in [5, 5.41) is 24.0. The van der Waals surface area contributed by atoms with Crippen LogP contribution in [0.15, 0.2) is 106 Å². The molecule has 0 saturated carbocycles. The van der Waals surface area contributed by atoms with Gasteiger partial charge in [-0.25, -0.2) is 15.0 Å². The number of hydrogen-bond donors (Lipinski definition) is 3. The van der Waals surface area contributed by atoms with Crippen molar-refractivity contribution in [3.63, 3.8) is 0 Å². The maximum atomic E-state index is 12.5. The van der Waals surface area contributed by atoms with Crippen molar-refractivity contribution < 1.29 is 29.3 Å². The van der Waals surface area contributed by atoms with Gasteiger partial charge in [-0.15, -0.1) is 0 Å². The van der Waals surface area contributed by atoms with Gasteiger partial charge in [0.1, 0.15) is 19.0 Å². The van der Waals surface area contributed by atoms with Crippen molar-refractivity contribution in [1.29, 1.82) is 0 Å². The SMILES string of the molecule is CCC1=C(C)C2=NC1=CC1=C(C)C3=C(O)CC(=C4NC(=CC5=NC(=C2)C(COC(C)=O)=C5C)[C@@H](C)[C@@H]4CCC(=O)OCCO)C3=N1. The molecule has 0 radical (unpaired) electrons. The summed E-state index contributed by atoms with van der Waals surface area (Å²) in [5.41, 5.74) is 12.9. The lowest BCUT2D eigenvalue weighted by atomic mass is 9.86. The van der Waals surface area contributed by atoms with Crippen molar-refractivity contribution in [3.05, 3.63) is 91.5 Å². The lowest BCUT2D eigenvalue weighted by Gasteiger charge is -2.17. The quantitative estimate of drug-likeness (QED) is 0.301. The number of esters is 2. The van der Waals surface area contributed by atoms with Gasteiger partial charge < -0.3 is 25.0 Å². The third-order valence-corrected chi connectivity index (χ3v) is 9.62. The van der Waals surface area contributed by atoms with E-state index >= 15 is 0 Å². The number of rotatable bonds is 8. The number of ether oxygens (including phenoxy) is 2. The topological polar surface area (TPSA) is 142 Å². The second kappa shape index (κ2) is 12.3. The summed E-state index contributed by atoms with van der Waals surface area (Å²) < 4.78 is 10.6. The van der Waals surface area contributed by atoms with Gasteiger partial charge in [-0.3, -0.25) is 9.59 Å². The summed E-state index contributed by atoms with van der Waals surface area (Å²) in [4.78, 5) is 39.5. The van der Waals surface area contributed by atoms with Crippen molar-refractivity contribution in [2.75, 3.05) is 19.8 Å². The highest BCUT2D eigenvalue weighted by molar-refractivity contribution is 6.21. The molecule has 0 aromatic carbocycles. The molecule has 240 valence electrons. The molecule has 1 aliphatic carbocycles. The zero-order valence-electron chi connectivity index (χ0n) is 27.2. The number of nitrogens with zero attached hydrogens (tertiary/aromatic N) is 3. The summed E-state index contributed by atoms with van der Waals surface area (Å²) in [7, 11) is 0. The highest BCUT2D eigenvalue weighted by Crippen LogP contribution is 2.46. The standard InChI is InChI=1S/C36H40N4O6/c1-7-22-17(2)27-14-31-25(16-46-21(6)42)19(4)26(38-31)13-28-18(3)23(8-9-33(44)45-11-10-41)35(39-28)24-12-32(43)34-20(5)29(40-36(24)34)15-30(22)37-27/h13-15,18,23,39,41,43H,7-12,16H2,1-6H3/t18-,23-/m0/s1. The molecule has 2 atom stereocenters. The number of aliphatic hydroxyl groups is 2. The molecule has 3 N–H and O–H groups in total. The first kappa shape index (κ1) is 31.4. The first-order valence-corrected chi connectivity index (χ1v) is 15.9. The zero-order chi connectivity index (χ0) is 32.9. The molecule has 0 aromatic heterocycles. The summed E-state index contributed by atoms with van der Waals surface area (Å²) in [6.45, 7) is 11.5. The minimum Gasteiger partial charge on any atom is -0.511 e. The Morgan fingerprint density at radius 2 is 1.67 bits per heavy atom. The number of hydrogen-bond acceptors (Lipinski definition) is 10. The third-order valence-electron chi connectivity index (χ3n) is 9.62. The van der Waals surface area contributed by atoms with Crippen LogP contribution in [0.2, 0.25) is 0 Å². The molecule has 6 rings (SSSR count). The van der Waals surface area contributed by atoms with Gasteiger partial charge in [0.15, 0.2) is 0 Å². The molecular weight excluding hydrogens is 584 g/mol. The van der Waals surface area contributed by atoms with Gasteiger partial charge in [-0.2, -0.15) is 0 Å². The fourth-order valence-corrected chi connectivity index (χ4v) is 7.02. The molecule has 1 saturated heterocycles. The van der Waals surface area contributed by atoms with Gasteiger partial charge >= 0.3 is 11.9 Å². The van der Waals surface area contributed by atoms with Crippen LogP contribution in [0.25, 0.3) is 0 Å². The van der Waals surface area contributed by atoms with Crippen LogP contribution in [0.3, 0.4) is 0 Å². The Kier molecular flexibility index (Phi) is 8.41. The van der Waals surface area contributed by atoms with Crippen LogP contribution < -0.4 is 5.32 Å². The van der Waals surface area contributed by atoms with Crippen LogP contribution in [0.4, 0.5) is 0 Å². The van der Waals surface area contributed by atoms with Crippen LogP contribution in [-0.2, 0) is 19.1 Å². The molecule has 0 spiro atoms. The Morgan fingerprint density at radius 3 is 2.37 bits per heavy atom. The normalized spacial score (nSPS) is 23.5. The smallest absolute Gasteiger partial charge is 0.305 e. The van der Waals surface area contributed by atoms with Gasteiger partial charge in [0.25, 0.3) is 0 Å². The van der Waals surface area contributed by atoms with E-state index in [1.807, 2.05) is 32.1 Å². The average Bonchev–Trinajstić information content (AvgIpc) is 3.76. The third kappa shape index (κ3) is 5.44. The van der Waals surface area contributed by atoms with Gasteiger partial charge in [-0.05, 0) is 74.1 Å². The fraction of sp³-hybridized carbons (Fsp3) is 0.417. The molecule has 0 amide bonds. The Balaban J connectivity index is 1.53. The van der Waals surface area contributed by atoms with E-state index in [2.05, 4.69) is 26.1 Å². The van der Waals surface area contributed by atoms with Crippen molar-refractivity contribution in [2.45, 2.75) is 67.2 Å². The van der Waals surface area contributed by atoms with Crippen LogP contribution in [-0.4, -0.2) is 59.1 Å². The lowest BCUT2D eigenvalue weighted by molar-refractivity contribution is -0.145. The van der Waals surface area contributed by atoms with Gasteiger partial charge in [0.2, 0.25) is 0 Å². The Hall–Kier alpha value is -4.57. The fourth-order valence-electron chi connectivity index (χ4n) is 7.02. The number of aliphatic imine (C=N–C) groups is 3. The maximum Gasteiger partial charge on any atom is 0.305 e. The molecule has 6 aliphatic rings. The van der Waals surface area contributed by atoms with E-state index in [4.69, 9.17) is 29.6 Å². The predicted molar refractivity (Wildman–Crippen MR) is 176 cm³/mol. The number of allylic oxidation sites excluding steroid dienone is 11. The zero-order valence-corrected chi connectivity index (χ0v) is 27.2. The van der Waals surface area contributed by atoms with Crippen molar-refractivity contribution >= 4 is 29.1 Å². The van der Waals surface area contributed by atoms with Crippen LogP contribution in [0, 0.1) is 11.8 Å². The first-order valence-electron chi connectivity index (χ1n) is 15.9. The number of fused-ring (bicyclic) bond motifs is 5. The molecule has 5 heterocycles. The monoisotopic (exact) mass is 624 g/mol. The van der Waals surface area contributed by atoms with E-state index in [1.54, 1.807) is 0 Å². The predicted octanol–water partition coefficient (Wildman–Crippen LogP) is 5.54. The number of aliphatic hydroxyl groups excluding tert-OH is 2. The second-order valence-electron chi connectivity index (χ2n) is 12.4. The van der Waals surface area contributed by atoms with E-state index in [0.29, 0.717) is 18.5 Å². The maximum absolute atomic E-state index is 12.5. The van der Waals surface area contributed by atoms with Crippen molar-refractivity contribution in [1.82, 2.24) is 5.32 Å². The lowest BCUT2D eigenvalue weighted by Crippen LogP contribution is -2.16. The molecular formula is C36H40N4O6. The molecule has 8 bridgehead atoms. The Morgan fingerprint density at radius 1 is 0.978 bits per heavy atom. The summed E-state index contributed by atoms with van der Waals surface area (Å²) in [6.07, 6.45) is 7.79. The van der Waals surface area contributed by atoms with Gasteiger partial charge in [-0.1, -0.05) is 13.8 Å². The molecule has 10 nitrogen and oxygen atoms in total. The molecule has 10 heteroatoms. The molecule has 46 heavy (non-hydrogen) atoms. The molecule has 0 aromatic rings. The second-order valence-corrected chi connectivity index (χ2v) is 12.4. The first-order chi connectivity index (χ1) is 22.0. The number of carbonyl (C=O) groups excluding carboxylic acids is 2. The van der Waals surface area contributed by atoms with Crippen molar-refractivity contribution in [2.24, 2.45) is 26.8 Å². The Labute approximate surface area is 268 Å². The summed E-state index contributed by atoms with van der Waals surface area (Å²) >= 11 is 0.